The molecule has 5 heteroatoms. The van der Waals surface area contributed by atoms with Crippen LogP contribution in [0.5, 0.6) is 0 Å². The molecule has 1 amide bonds. The molecule has 2 aromatic rings. The fraction of sp³-hybridized carbons (Fsp3) is 0.200. The number of aromatic nitrogens is 2. The van der Waals surface area contributed by atoms with Crippen LogP contribution in [-0.4, -0.2) is 22.0 Å². The molecule has 4 nitrogen and oxygen atoms in total. The summed E-state index contributed by atoms with van der Waals surface area (Å²) in [6.07, 6.45) is 7.51. The quantitative estimate of drug-likeness (QED) is 0.814. The smallest absolute Gasteiger partial charge is 0.227 e. The third-order valence-electron chi connectivity index (χ3n) is 3.51. The third kappa shape index (κ3) is 2.12. The first-order chi connectivity index (χ1) is 9.70. The lowest BCUT2D eigenvalue weighted by Gasteiger charge is -2.21. The number of halogens is 1. The molecule has 1 atom stereocenters. The molecule has 0 bridgehead atoms. The fourth-order valence-corrected chi connectivity index (χ4v) is 2.76. The number of rotatable bonds is 3. The van der Waals surface area contributed by atoms with Crippen LogP contribution >= 0.6 is 11.6 Å². The minimum atomic E-state index is 0.0959. The number of carbonyl (C=O) groups excluding carboxylic acids is 1. The molecule has 1 aromatic carbocycles. The van der Waals surface area contributed by atoms with Gasteiger partial charge in [-0.05, 0) is 12.1 Å². The molecule has 0 saturated carbocycles. The van der Waals surface area contributed by atoms with Gasteiger partial charge in [0.2, 0.25) is 5.91 Å². The predicted molar refractivity (Wildman–Crippen MR) is 79.2 cm³/mol. The average molecular weight is 288 g/mol. The molecule has 0 aliphatic carbocycles. The molecule has 102 valence electrons. The molecule has 1 aromatic heterocycles. The summed E-state index contributed by atoms with van der Waals surface area (Å²) in [5, 5.41) is 0.593. The average Bonchev–Trinajstić information content (AvgIpc) is 3.07. The Kier molecular flexibility index (Phi) is 3.32. The van der Waals surface area contributed by atoms with Gasteiger partial charge in [0.1, 0.15) is 0 Å². The molecule has 20 heavy (non-hydrogen) atoms. The molecular formula is C15H14ClN3O. The number of benzene rings is 1. The number of hydrogen-bond acceptors (Lipinski definition) is 2. The lowest BCUT2D eigenvalue weighted by Crippen LogP contribution is -2.25. The fourth-order valence-electron chi connectivity index (χ4n) is 2.49. The zero-order valence-electron chi connectivity index (χ0n) is 10.9. The summed E-state index contributed by atoms with van der Waals surface area (Å²) in [4.78, 5) is 18.0. The van der Waals surface area contributed by atoms with Crippen molar-refractivity contribution in [1.29, 1.82) is 0 Å². The number of amides is 1. The van der Waals surface area contributed by atoms with Crippen molar-refractivity contribution < 1.29 is 4.79 Å². The summed E-state index contributed by atoms with van der Waals surface area (Å²) in [6.45, 7) is 4.42. The number of imidazole rings is 1. The Labute approximate surface area is 122 Å². The minimum Gasteiger partial charge on any atom is -0.310 e. The van der Waals surface area contributed by atoms with E-state index in [4.69, 9.17) is 11.6 Å². The molecule has 1 aliphatic rings. The van der Waals surface area contributed by atoms with Crippen LogP contribution in [0.2, 0.25) is 5.02 Å². The van der Waals surface area contributed by atoms with Crippen molar-refractivity contribution in [2.75, 3.05) is 11.4 Å². The second kappa shape index (κ2) is 5.13. The Morgan fingerprint density at radius 2 is 2.30 bits per heavy atom. The highest BCUT2D eigenvalue weighted by Gasteiger charge is 2.30. The molecule has 0 spiro atoms. The van der Waals surface area contributed by atoms with E-state index in [0.717, 1.165) is 11.4 Å². The first-order valence-electron chi connectivity index (χ1n) is 6.40. The number of nitrogens with zero attached hydrogens (tertiary/aromatic N) is 3. The predicted octanol–water partition coefficient (Wildman–Crippen LogP) is 3.06. The summed E-state index contributed by atoms with van der Waals surface area (Å²) in [7, 11) is 0. The van der Waals surface area contributed by atoms with Gasteiger partial charge in [-0.25, -0.2) is 4.98 Å². The van der Waals surface area contributed by atoms with Gasteiger partial charge in [-0.15, -0.1) is 6.58 Å². The normalized spacial score (nSPS) is 18.6. The van der Waals surface area contributed by atoms with Crippen LogP contribution < -0.4 is 4.90 Å². The Morgan fingerprint density at radius 1 is 1.45 bits per heavy atom. The van der Waals surface area contributed by atoms with Crippen molar-refractivity contribution in [2.24, 2.45) is 5.92 Å². The first kappa shape index (κ1) is 12.9. The Balaban J connectivity index is 2.09. The molecule has 3 rings (SSSR count). The van der Waals surface area contributed by atoms with E-state index in [-0.39, 0.29) is 11.8 Å². The Bertz CT molecular complexity index is 651. The van der Waals surface area contributed by atoms with E-state index >= 15 is 0 Å². The molecule has 0 radical (unpaired) electrons. The van der Waals surface area contributed by atoms with E-state index in [1.165, 1.54) is 0 Å². The van der Waals surface area contributed by atoms with Crippen molar-refractivity contribution >= 4 is 23.2 Å². The standard InChI is InChI=1S/C15H14ClN3O/c1-2-11-8-14(20)19(9-11)13-5-3-4-12(16)15(13)18-7-6-17-10-18/h2-7,10-11H,1,8-9H2. The lowest BCUT2D eigenvalue weighted by atomic mass is 10.1. The lowest BCUT2D eigenvalue weighted by molar-refractivity contribution is -0.117. The van der Waals surface area contributed by atoms with E-state index in [2.05, 4.69) is 11.6 Å². The van der Waals surface area contributed by atoms with Gasteiger partial charge in [0.05, 0.1) is 22.7 Å². The van der Waals surface area contributed by atoms with Gasteiger partial charge in [0, 0.05) is 31.3 Å². The highest BCUT2D eigenvalue weighted by atomic mass is 35.5. The van der Waals surface area contributed by atoms with Crippen LogP contribution in [0.3, 0.4) is 0 Å². The maximum atomic E-state index is 12.2. The SMILES string of the molecule is C=CC1CC(=O)N(c2cccc(Cl)c2-n2ccnc2)C1. The summed E-state index contributed by atoms with van der Waals surface area (Å²) >= 11 is 6.31. The van der Waals surface area contributed by atoms with Crippen LogP contribution in [-0.2, 0) is 4.79 Å². The molecule has 1 aliphatic heterocycles. The van der Waals surface area contributed by atoms with E-state index in [1.807, 2.05) is 35.0 Å². The van der Waals surface area contributed by atoms with Gasteiger partial charge in [-0.1, -0.05) is 23.7 Å². The Morgan fingerprint density at radius 3 is 2.95 bits per heavy atom. The molecule has 1 unspecified atom stereocenters. The van der Waals surface area contributed by atoms with Crippen LogP contribution in [0, 0.1) is 5.92 Å². The van der Waals surface area contributed by atoms with Crippen LogP contribution in [0.1, 0.15) is 6.42 Å². The van der Waals surface area contributed by atoms with Crippen LogP contribution in [0.4, 0.5) is 5.69 Å². The number of carbonyl (C=O) groups is 1. The van der Waals surface area contributed by atoms with E-state index in [9.17, 15) is 4.79 Å². The Hall–Kier alpha value is -2.07. The monoisotopic (exact) mass is 287 g/mol. The highest BCUT2D eigenvalue weighted by Crippen LogP contribution is 2.34. The minimum absolute atomic E-state index is 0.0959. The van der Waals surface area contributed by atoms with Crippen molar-refractivity contribution in [2.45, 2.75) is 6.42 Å². The number of anilines is 1. The molecule has 1 fully saturated rings. The van der Waals surface area contributed by atoms with Crippen molar-refractivity contribution in [3.05, 3.63) is 54.6 Å². The summed E-state index contributed by atoms with van der Waals surface area (Å²) < 4.78 is 1.83. The molecule has 0 N–H and O–H groups in total. The van der Waals surface area contributed by atoms with Crippen LogP contribution in [0.15, 0.2) is 49.6 Å². The van der Waals surface area contributed by atoms with Crippen LogP contribution in [0.25, 0.3) is 5.69 Å². The summed E-state index contributed by atoms with van der Waals surface area (Å²) in [6, 6.07) is 5.57. The van der Waals surface area contributed by atoms with Gasteiger partial charge in [-0.2, -0.15) is 0 Å². The van der Waals surface area contributed by atoms with Crippen molar-refractivity contribution in [3.8, 4) is 5.69 Å². The zero-order valence-corrected chi connectivity index (χ0v) is 11.6. The largest absolute Gasteiger partial charge is 0.310 e. The van der Waals surface area contributed by atoms with Gasteiger partial charge >= 0.3 is 0 Å². The molecule has 1 saturated heterocycles. The number of para-hydroxylation sites is 1. The van der Waals surface area contributed by atoms with Crippen molar-refractivity contribution in [3.63, 3.8) is 0 Å². The van der Waals surface area contributed by atoms with Gasteiger partial charge < -0.3 is 9.47 Å². The van der Waals surface area contributed by atoms with Crippen molar-refractivity contribution in [1.82, 2.24) is 9.55 Å². The van der Waals surface area contributed by atoms with E-state index in [0.29, 0.717) is 18.0 Å². The second-order valence-corrected chi connectivity index (χ2v) is 5.19. The topological polar surface area (TPSA) is 38.1 Å². The summed E-state index contributed by atoms with van der Waals surface area (Å²) in [5.41, 5.74) is 1.59. The summed E-state index contributed by atoms with van der Waals surface area (Å²) in [5.74, 6) is 0.288. The van der Waals surface area contributed by atoms with Gasteiger partial charge in [0.15, 0.2) is 0 Å². The van der Waals surface area contributed by atoms with Gasteiger partial charge in [-0.3, -0.25) is 4.79 Å². The molecular weight excluding hydrogens is 274 g/mol. The maximum absolute atomic E-state index is 12.2. The first-order valence-corrected chi connectivity index (χ1v) is 6.78. The third-order valence-corrected chi connectivity index (χ3v) is 3.81. The molecule has 2 heterocycles. The van der Waals surface area contributed by atoms with E-state index < -0.39 is 0 Å². The maximum Gasteiger partial charge on any atom is 0.227 e. The number of hydrogen-bond donors (Lipinski definition) is 0. The second-order valence-electron chi connectivity index (χ2n) is 4.78. The highest BCUT2D eigenvalue weighted by molar-refractivity contribution is 6.33. The van der Waals surface area contributed by atoms with E-state index in [1.54, 1.807) is 17.4 Å². The van der Waals surface area contributed by atoms with Gasteiger partial charge in [0.25, 0.3) is 0 Å². The zero-order chi connectivity index (χ0) is 14.1.